The maximum absolute atomic E-state index is 11.7. The number of hydrogen-bond acceptors (Lipinski definition) is 3. The van der Waals surface area contributed by atoms with Crippen molar-refractivity contribution in [2.45, 2.75) is 44.9 Å². The lowest BCUT2D eigenvalue weighted by Crippen LogP contribution is -2.28. The summed E-state index contributed by atoms with van der Waals surface area (Å²) < 4.78 is 5.61. The molecule has 1 fully saturated rings. The van der Waals surface area contributed by atoms with Gasteiger partial charge in [0.15, 0.2) is 0 Å². The fourth-order valence-corrected chi connectivity index (χ4v) is 3.21. The molecule has 0 aliphatic heterocycles. The molecule has 3 nitrogen and oxygen atoms in total. The highest BCUT2D eigenvalue weighted by molar-refractivity contribution is 5.66. The van der Waals surface area contributed by atoms with Crippen LogP contribution in [0.4, 0.5) is 0 Å². The maximum atomic E-state index is 11.7. The van der Waals surface area contributed by atoms with Crippen LogP contribution in [0.5, 0.6) is 0 Å². The van der Waals surface area contributed by atoms with Gasteiger partial charge in [-0.25, -0.2) is 0 Å². The number of rotatable bonds is 7. The fourth-order valence-electron chi connectivity index (χ4n) is 3.21. The van der Waals surface area contributed by atoms with Gasteiger partial charge in [0.25, 0.3) is 0 Å². The standard InChI is InChI=1S/C18H27NO2/c19-12-5-13-21-14-16-6-4-7-17(9-8-16)18(15-20)10-2-1-3-11-18/h4,6-8,15H,1-3,5,9-14,19H2. The molecule has 116 valence electrons. The van der Waals surface area contributed by atoms with Crippen molar-refractivity contribution < 1.29 is 9.53 Å². The summed E-state index contributed by atoms with van der Waals surface area (Å²) in [5, 5.41) is 0. The minimum absolute atomic E-state index is 0.213. The summed E-state index contributed by atoms with van der Waals surface area (Å²) in [5.41, 5.74) is 7.70. The summed E-state index contributed by atoms with van der Waals surface area (Å²) in [6, 6.07) is 0. The molecule has 3 heteroatoms. The smallest absolute Gasteiger partial charge is 0.130 e. The lowest BCUT2D eigenvalue weighted by atomic mass is 9.69. The molecular formula is C18H27NO2. The minimum atomic E-state index is -0.213. The van der Waals surface area contributed by atoms with Gasteiger partial charge >= 0.3 is 0 Å². The second kappa shape index (κ2) is 8.30. The molecule has 0 bridgehead atoms. The number of aldehydes is 1. The zero-order valence-corrected chi connectivity index (χ0v) is 12.9. The number of ether oxygens (including phenoxy) is 1. The van der Waals surface area contributed by atoms with Crippen LogP contribution in [0.25, 0.3) is 0 Å². The molecule has 0 saturated heterocycles. The molecule has 0 amide bonds. The third-order valence-electron chi connectivity index (χ3n) is 4.56. The Labute approximate surface area is 127 Å². The van der Waals surface area contributed by atoms with E-state index in [9.17, 15) is 4.79 Å². The van der Waals surface area contributed by atoms with Crippen LogP contribution in [0, 0.1) is 5.41 Å². The zero-order valence-electron chi connectivity index (χ0n) is 12.9. The van der Waals surface area contributed by atoms with E-state index in [4.69, 9.17) is 10.5 Å². The molecule has 2 aliphatic carbocycles. The monoisotopic (exact) mass is 289 g/mol. The summed E-state index contributed by atoms with van der Waals surface area (Å²) in [6.07, 6.45) is 17.1. The highest BCUT2D eigenvalue weighted by atomic mass is 16.5. The van der Waals surface area contributed by atoms with Crippen molar-refractivity contribution in [3.05, 3.63) is 35.5 Å². The molecule has 0 unspecified atom stereocenters. The first-order valence-corrected chi connectivity index (χ1v) is 8.12. The van der Waals surface area contributed by atoms with Crippen LogP contribution in [0.15, 0.2) is 35.5 Å². The van der Waals surface area contributed by atoms with E-state index in [2.05, 4.69) is 24.3 Å². The maximum Gasteiger partial charge on any atom is 0.130 e. The van der Waals surface area contributed by atoms with E-state index in [1.807, 2.05) is 0 Å². The van der Waals surface area contributed by atoms with Crippen LogP contribution in [0.3, 0.4) is 0 Å². The lowest BCUT2D eigenvalue weighted by Gasteiger charge is -2.34. The van der Waals surface area contributed by atoms with E-state index in [-0.39, 0.29) is 5.41 Å². The summed E-state index contributed by atoms with van der Waals surface area (Å²) in [5.74, 6) is 0. The quantitative estimate of drug-likeness (QED) is 0.578. The molecule has 0 heterocycles. The Balaban J connectivity index is 1.95. The van der Waals surface area contributed by atoms with Crippen LogP contribution in [-0.4, -0.2) is 26.0 Å². The van der Waals surface area contributed by atoms with Gasteiger partial charge in [0.1, 0.15) is 6.29 Å². The first-order valence-electron chi connectivity index (χ1n) is 8.12. The van der Waals surface area contributed by atoms with Crippen molar-refractivity contribution in [2.75, 3.05) is 19.8 Å². The van der Waals surface area contributed by atoms with Gasteiger partial charge in [-0.2, -0.15) is 0 Å². The summed E-state index contributed by atoms with van der Waals surface area (Å²) in [4.78, 5) is 11.7. The second-order valence-corrected chi connectivity index (χ2v) is 6.06. The third kappa shape index (κ3) is 4.39. The first-order chi connectivity index (χ1) is 10.3. The largest absolute Gasteiger partial charge is 0.377 e. The topological polar surface area (TPSA) is 52.3 Å². The highest BCUT2D eigenvalue weighted by Gasteiger charge is 2.34. The molecule has 0 spiro atoms. The number of nitrogens with two attached hydrogens (primary N) is 1. The van der Waals surface area contributed by atoms with Crippen LogP contribution in [0.2, 0.25) is 0 Å². The van der Waals surface area contributed by atoms with Crippen molar-refractivity contribution in [3.63, 3.8) is 0 Å². The predicted octanol–water partition coefficient (Wildman–Crippen LogP) is 3.31. The molecule has 2 N–H and O–H groups in total. The van der Waals surface area contributed by atoms with E-state index in [0.717, 1.165) is 25.7 Å². The third-order valence-corrected chi connectivity index (χ3v) is 4.56. The number of carbonyl (C=O) groups excluding carboxylic acids is 1. The number of allylic oxidation sites excluding steroid dienone is 4. The average Bonchev–Trinajstić information content (AvgIpc) is 2.78. The van der Waals surface area contributed by atoms with E-state index in [1.54, 1.807) is 0 Å². The van der Waals surface area contributed by atoms with Crippen LogP contribution in [-0.2, 0) is 9.53 Å². The van der Waals surface area contributed by atoms with Gasteiger partial charge in [0, 0.05) is 12.0 Å². The molecule has 0 aromatic heterocycles. The van der Waals surface area contributed by atoms with Gasteiger partial charge in [-0.15, -0.1) is 0 Å². The van der Waals surface area contributed by atoms with Crippen LogP contribution in [0.1, 0.15) is 44.9 Å². The highest BCUT2D eigenvalue weighted by Crippen LogP contribution is 2.42. The van der Waals surface area contributed by atoms with E-state index in [1.165, 1.54) is 36.7 Å². The molecule has 21 heavy (non-hydrogen) atoms. The van der Waals surface area contributed by atoms with Crippen molar-refractivity contribution >= 4 is 6.29 Å². The van der Waals surface area contributed by atoms with Crippen molar-refractivity contribution in [3.8, 4) is 0 Å². The minimum Gasteiger partial charge on any atom is -0.377 e. The normalized spacial score (nSPS) is 21.4. The van der Waals surface area contributed by atoms with Gasteiger partial charge in [-0.1, -0.05) is 49.1 Å². The molecule has 0 atom stereocenters. The molecule has 0 aromatic rings. The average molecular weight is 289 g/mol. The molecule has 1 saturated carbocycles. The Morgan fingerprint density at radius 2 is 2.10 bits per heavy atom. The van der Waals surface area contributed by atoms with Gasteiger partial charge in [0.05, 0.1) is 6.61 Å². The van der Waals surface area contributed by atoms with E-state index < -0.39 is 0 Å². The van der Waals surface area contributed by atoms with E-state index in [0.29, 0.717) is 19.8 Å². The Morgan fingerprint density at radius 1 is 1.29 bits per heavy atom. The molecular weight excluding hydrogens is 262 g/mol. The van der Waals surface area contributed by atoms with Gasteiger partial charge in [-0.3, -0.25) is 0 Å². The molecule has 0 radical (unpaired) electrons. The van der Waals surface area contributed by atoms with Crippen molar-refractivity contribution in [2.24, 2.45) is 11.1 Å². The van der Waals surface area contributed by atoms with Crippen molar-refractivity contribution in [1.82, 2.24) is 0 Å². The molecule has 0 aromatic carbocycles. The number of hydrogen-bond donors (Lipinski definition) is 1. The van der Waals surface area contributed by atoms with Crippen LogP contribution >= 0.6 is 0 Å². The summed E-state index contributed by atoms with van der Waals surface area (Å²) in [6.45, 7) is 2.01. The Bertz CT molecular complexity index is 428. The van der Waals surface area contributed by atoms with Crippen molar-refractivity contribution in [1.29, 1.82) is 0 Å². The first kappa shape index (κ1) is 16.2. The number of carbonyl (C=O) groups is 1. The Kier molecular flexibility index (Phi) is 6.40. The van der Waals surface area contributed by atoms with E-state index >= 15 is 0 Å². The zero-order chi connectivity index (χ0) is 15.0. The Hall–Kier alpha value is -1.19. The predicted molar refractivity (Wildman–Crippen MR) is 86.0 cm³/mol. The fraction of sp³-hybridized carbons (Fsp3) is 0.611. The van der Waals surface area contributed by atoms with Gasteiger partial charge in [-0.05, 0) is 37.8 Å². The van der Waals surface area contributed by atoms with Crippen LogP contribution < -0.4 is 5.73 Å². The van der Waals surface area contributed by atoms with Gasteiger partial charge < -0.3 is 15.3 Å². The molecule has 2 aliphatic rings. The van der Waals surface area contributed by atoms with Gasteiger partial charge in [0.2, 0.25) is 0 Å². The second-order valence-electron chi connectivity index (χ2n) is 6.06. The summed E-state index contributed by atoms with van der Waals surface area (Å²) in [7, 11) is 0. The SMILES string of the molecule is NCCCOCC1=CCC(C2(C=O)CCCCC2)=CC=C1. The molecule has 2 rings (SSSR count). The Morgan fingerprint density at radius 3 is 2.81 bits per heavy atom. The summed E-state index contributed by atoms with van der Waals surface area (Å²) >= 11 is 0. The lowest BCUT2D eigenvalue weighted by molar-refractivity contribution is -0.115.